The Hall–Kier alpha value is -1.25. The number of sulfonamides is 1. The van der Waals surface area contributed by atoms with Crippen LogP contribution in [0.2, 0.25) is 0 Å². The molecule has 0 spiro atoms. The second-order valence-electron chi connectivity index (χ2n) is 4.31. The molecule has 0 aromatic carbocycles. The van der Waals surface area contributed by atoms with Gasteiger partial charge in [0.05, 0.1) is 10.9 Å². The Kier molecular flexibility index (Phi) is 4.33. The highest BCUT2D eigenvalue weighted by atomic mass is 32.2. The summed E-state index contributed by atoms with van der Waals surface area (Å²) >= 11 is 1.48. The van der Waals surface area contributed by atoms with Crippen molar-refractivity contribution in [3.63, 3.8) is 0 Å². The zero-order valence-electron chi connectivity index (χ0n) is 10.8. The number of aromatic nitrogens is 3. The molecule has 0 fully saturated rings. The Morgan fingerprint density at radius 3 is 2.89 bits per heavy atom. The number of hydrogen-bond donors (Lipinski definition) is 1. The summed E-state index contributed by atoms with van der Waals surface area (Å²) in [5.41, 5.74) is 0.863. The van der Waals surface area contributed by atoms with E-state index < -0.39 is 15.3 Å². The standard InChI is InChI=1S/C11H16N4O2S2/c1-9(2)19(16,17)13-6-4-10-8-18-11(14-10)15-7-3-5-12-15/h3,5,7-9,13H,4,6H2,1-2H3. The van der Waals surface area contributed by atoms with Gasteiger partial charge in [0, 0.05) is 30.7 Å². The first-order chi connectivity index (χ1) is 8.99. The molecule has 2 rings (SSSR count). The predicted octanol–water partition coefficient (Wildman–Crippen LogP) is 1.20. The first-order valence-electron chi connectivity index (χ1n) is 5.92. The Labute approximate surface area is 116 Å². The van der Waals surface area contributed by atoms with Crippen LogP contribution < -0.4 is 4.72 Å². The van der Waals surface area contributed by atoms with Crippen LogP contribution in [0.15, 0.2) is 23.8 Å². The minimum atomic E-state index is -3.20. The smallest absolute Gasteiger partial charge is 0.213 e. The summed E-state index contributed by atoms with van der Waals surface area (Å²) in [5.74, 6) is 0. The molecule has 0 aliphatic rings. The second-order valence-corrected chi connectivity index (χ2v) is 7.47. The number of nitrogens with zero attached hydrogens (tertiary/aromatic N) is 3. The summed E-state index contributed by atoms with van der Waals surface area (Å²) in [6.45, 7) is 3.67. The molecule has 0 aliphatic heterocycles. The van der Waals surface area contributed by atoms with Gasteiger partial charge in [0.2, 0.25) is 15.2 Å². The summed E-state index contributed by atoms with van der Waals surface area (Å²) < 4.78 is 27.4. The topological polar surface area (TPSA) is 76.9 Å². The molecule has 0 radical (unpaired) electrons. The van der Waals surface area contributed by atoms with E-state index in [4.69, 9.17) is 0 Å². The third-order valence-corrected chi connectivity index (χ3v) is 5.27. The molecule has 0 aliphatic carbocycles. The average molecular weight is 300 g/mol. The van der Waals surface area contributed by atoms with E-state index >= 15 is 0 Å². The Bertz CT molecular complexity index is 617. The largest absolute Gasteiger partial charge is 0.223 e. The maximum atomic E-state index is 11.6. The van der Waals surface area contributed by atoms with Crippen molar-refractivity contribution in [2.24, 2.45) is 0 Å². The highest BCUT2D eigenvalue weighted by Crippen LogP contribution is 2.13. The van der Waals surface area contributed by atoms with Crippen molar-refractivity contribution in [3.05, 3.63) is 29.5 Å². The van der Waals surface area contributed by atoms with Gasteiger partial charge in [0.15, 0.2) is 0 Å². The fourth-order valence-corrected chi connectivity index (χ4v) is 2.90. The summed E-state index contributed by atoms with van der Waals surface area (Å²) in [7, 11) is -3.20. The van der Waals surface area contributed by atoms with Crippen molar-refractivity contribution in [2.75, 3.05) is 6.54 Å². The Morgan fingerprint density at radius 1 is 1.47 bits per heavy atom. The third-order valence-electron chi connectivity index (χ3n) is 2.55. The lowest BCUT2D eigenvalue weighted by Crippen LogP contribution is -2.32. The van der Waals surface area contributed by atoms with Gasteiger partial charge in [-0.3, -0.25) is 0 Å². The van der Waals surface area contributed by atoms with E-state index in [1.54, 1.807) is 24.7 Å². The van der Waals surface area contributed by atoms with Crippen molar-refractivity contribution in [1.82, 2.24) is 19.5 Å². The average Bonchev–Trinajstić information content (AvgIpc) is 2.98. The maximum Gasteiger partial charge on any atom is 0.213 e. The van der Waals surface area contributed by atoms with Crippen LogP contribution >= 0.6 is 11.3 Å². The molecule has 19 heavy (non-hydrogen) atoms. The molecule has 0 amide bonds. The van der Waals surface area contributed by atoms with Crippen LogP contribution in [0.3, 0.4) is 0 Å². The van der Waals surface area contributed by atoms with E-state index in [1.165, 1.54) is 11.3 Å². The molecule has 6 nitrogen and oxygen atoms in total. The van der Waals surface area contributed by atoms with E-state index in [9.17, 15) is 8.42 Å². The molecular formula is C11H16N4O2S2. The van der Waals surface area contributed by atoms with Gasteiger partial charge in [-0.05, 0) is 19.9 Å². The monoisotopic (exact) mass is 300 g/mol. The molecule has 0 unspecified atom stereocenters. The van der Waals surface area contributed by atoms with Gasteiger partial charge >= 0.3 is 0 Å². The zero-order valence-corrected chi connectivity index (χ0v) is 12.4. The van der Waals surface area contributed by atoms with Gasteiger partial charge < -0.3 is 0 Å². The van der Waals surface area contributed by atoms with Gasteiger partial charge in [0.25, 0.3) is 0 Å². The quantitative estimate of drug-likeness (QED) is 0.869. The molecule has 2 aromatic heterocycles. The molecule has 1 N–H and O–H groups in total. The van der Waals surface area contributed by atoms with E-state index in [1.807, 2.05) is 17.6 Å². The zero-order chi connectivity index (χ0) is 13.9. The highest BCUT2D eigenvalue weighted by Gasteiger charge is 2.14. The van der Waals surface area contributed by atoms with E-state index in [0.29, 0.717) is 13.0 Å². The second kappa shape index (κ2) is 5.81. The van der Waals surface area contributed by atoms with E-state index in [0.717, 1.165) is 10.8 Å². The lowest BCUT2D eigenvalue weighted by atomic mass is 10.3. The Balaban J connectivity index is 1.91. The van der Waals surface area contributed by atoms with Crippen LogP contribution in [0.1, 0.15) is 19.5 Å². The third kappa shape index (κ3) is 3.62. The number of nitrogens with one attached hydrogen (secondary N) is 1. The first kappa shape index (κ1) is 14.2. The fourth-order valence-electron chi connectivity index (χ4n) is 1.39. The summed E-state index contributed by atoms with van der Waals surface area (Å²) in [6, 6.07) is 1.83. The molecule has 0 saturated heterocycles. The van der Waals surface area contributed by atoms with Crippen LogP contribution in [0, 0.1) is 0 Å². The van der Waals surface area contributed by atoms with Gasteiger partial charge in [0.1, 0.15) is 0 Å². The maximum absolute atomic E-state index is 11.6. The van der Waals surface area contributed by atoms with Gasteiger partial charge in [-0.1, -0.05) is 0 Å². The summed E-state index contributed by atoms with van der Waals surface area (Å²) in [6.07, 6.45) is 4.09. The summed E-state index contributed by atoms with van der Waals surface area (Å²) in [5, 5.41) is 6.38. The molecule has 0 bridgehead atoms. The molecule has 0 atom stereocenters. The number of thiazole rings is 1. The van der Waals surface area contributed by atoms with Crippen molar-refractivity contribution in [1.29, 1.82) is 0 Å². The predicted molar refractivity (Wildman–Crippen MR) is 75.0 cm³/mol. The number of rotatable bonds is 6. The van der Waals surface area contributed by atoms with Crippen molar-refractivity contribution in [2.45, 2.75) is 25.5 Å². The SMILES string of the molecule is CC(C)S(=O)(=O)NCCc1csc(-n2cccn2)n1. The van der Waals surface area contributed by atoms with Crippen LogP contribution in [0.4, 0.5) is 0 Å². The molecule has 2 aromatic rings. The van der Waals surface area contributed by atoms with Crippen LogP contribution in [-0.2, 0) is 16.4 Å². The molecule has 8 heteroatoms. The molecule has 2 heterocycles. The first-order valence-corrected chi connectivity index (χ1v) is 8.34. The van der Waals surface area contributed by atoms with Crippen molar-refractivity contribution >= 4 is 21.4 Å². The van der Waals surface area contributed by atoms with E-state index in [-0.39, 0.29) is 0 Å². The fraction of sp³-hybridized carbons (Fsp3) is 0.455. The van der Waals surface area contributed by atoms with Crippen molar-refractivity contribution < 1.29 is 8.42 Å². The van der Waals surface area contributed by atoms with Gasteiger partial charge in [-0.2, -0.15) is 5.10 Å². The number of hydrogen-bond acceptors (Lipinski definition) is 5. The molecule has 104 valence electrons. The Morgan fingerprint density at radius 2 is 2.26 bits per heavy atom. The lowest BCUT2D eigenvalue weighted by Gasteiger charge is -2.08. The van der Waals surface area contributed by atoms with Crippen molar-refractivity contribution in [3.8, 4) is 5.13 Å². The minimum Gasteiger partial charge on any atom is -0.223 e. The molecular weight excluding hydrogens is 284 g/mol. The summed E-state index contributed by atoms with van der Waals surface area (Å²) in [4.78, 5) is 4.40. The van der Waals surface area contributed by atoms with Gasteiger partial charge in [-0.15, -0.1) is 11.3 Å². The lowest BCUT2D eigenvalue weighted by molar-refractivity contribution is 0.572. The highest BCUT2D eigenvalue weighted by molar-refractivity contribution is 7.90. The van der Waals surface area contributed by atoms with Gasteiger partial charge in [-0.25, -0.2) is 22.8 Å². The van der Waals surface area contributed by atoms with Crippen LogP contribution in [0.25, 0.3) is 5.13 Å². The van der Waals surface area contributed by atoms with Crippen LogP contribution in [0.5, 0.6) is 0 Å². The molecule has 0 saturated carbocycles. The normalized spacial score (nSPS) is 12.2. The van der Waals surface area contributed by atoms with E-state index in [2.05, 4.69) is 14.8 Å². The van der Waals surface area contributed by atoms with Crippen LogP contribution in [-0.4, -0.2) is 35.0 Å². The minimum absolute atomic E-state index is 0.364.